The Balaban J connectivity index is 1.60. The maximum absolute atomic E-state index is 14.4. The minimum absolute atomic E-state index is 0.0501. The molecule has 0 N–H and O–H groups in total. The first-order valence-electron chi connectivity index (χ1n) is 16.7. The van der Waals surface area contributed by atoms with E-state index in [0.29, 0.717) is 36.4 Å². The van der Waals surface area contributed by atoms with Gasteiger partial charge in [-0.3, -0.25) is 0 Å². The van der Waals surface area contributed by atoms with Crippen molar-refractivity contribution in [3.63, 3.8) is 0 Å². The molecule has 60 heavy (non-hydrogen) atoms. The highest BCUT2D eigenvalue weighted by Gasteiger charge is 2.40. The van der Waals surface area contributed by atoms with E-state index in [-0.39, 0.29) is 51.6 Å². The molecule has 0 unspecified atom stereocenters. The van der Waals surface area contributed by atoms with Gasteiger partial charge < -0.3 is 0 Å². The molecule has 0 aliphatic rings. The van der Waals surface area contributed by atoms with Crippen molar-refractivity contribution >= 4 is 0 Å². The predicted molar refractivity (Wildman–Crippen MR) is 184 cm³/mol. The molecule has 0 aromatic heterocycles. The average Bonchev–Trinajstić information content (AvgIpc) is 3.15. The molecule has 18 heteroatoms. The zero-order valence-corrected chi connectivity index (χ0v) is 29.4. The molecule has 0 saturated heterocycles. The second kappa shape index (κ2) is 15.0. The molecule has 0 nitrogen and oxygen atoms in total. The fraction of sp³-hybridized carbons (Fsp3) is 0.143. The monoisotopic (exact) mass is 866 g/mol. The third-order valence-corrected chi connectivity index (χ3v) is 9.13. The molecule has 0 fully saturated rings. The molecule has 6 rings (SSSR count). The fourth-order valence-electron chi connectivity index (χ4n) is 6.32. The molecule has 0 aliphatic heterocycles. The Bertz CT molecular complexity index is 2360. The van der Waals surface area contributed by atoms with Crippen LogP contribution in [-0.4, -0.2) is 0 Å². The van der Waals surface area contributed by atoms with Crippen LogP contribution in [0, 0.1) is 0 Å². The van der Waals surface area contributed by atoms with Crippen molar-refractivity contribution in [1.29, 1.82) is 0 Å². The molecule has 0 aliphatic carbocycles. The van der Waals surface area contributed by atoms with Crippen LogP contribution in [-0.2, 0) is 37.1 Å². The van der Waals surface area contributed by atoms with Gasteiger partial charge in [0.05, 0.1) is 33.4 Å². The maximum atomic E-state index is 14.4. The van der Waals surface area contributed by atoms with Gasteiger partial charge in [-0.25, -0.2) is 0 Å². The van der Waals surface area contributed by atoms with Gasteiger partial charge in [0, 0.05) is 0 Å². The zero-order valence-electron chi connectivity index (χ0n) is 29.4. The van der Waals surface area contributed by atoms with Crippen molar-refractivity contribution in [3.8, 4) is 55.6 Å². The molecule has 0 spiro atoms. The highest BCUT2D eigenvalue weighted by atomic mass is 19.4. The molecule has 314 valence electrons. The summed E-state index contributed by atoms with van der Waals surface area (Å²) < 4.78 is 248. The van der Waals surface area contributed by atoms with E-state index in [1.165, 1.54) is 30.3 Å². The lowest BCUT2D eigenvalue weighted by atomic mass is 9.89. The number of alkyl halides is 18. The Morgan fingerprint density at radius 3 is 0.800 bits per heavy atom. The summed E-state index contributed by atoms with van der Waals surface area (Å²) in [6.07, 6.45) is -31.6. The standard InChI is InChI=1S/C42H20F18/c43-37(44,45)30-7-8-35(36(20-30)42(58,59)60)29-12-25(21-3-1-5-23(9-21)27-14-31(38(46,47)48)18-32(15-27)39(49,50)51)11-26(13-29)22-4-2-6-24(10-22)28-16-33(40(52,53)54)19-34(17-28)41(55,56)57/h1-20H. The lowest BCUT2D eigenvalue weighted by Crippen LogP contribution is -2.12. The number of hydrogen-bond donors (Lipinski definition) is 0. The number of hydrogen-bond acceptors (Lipinski definition) is 0. The lowest BCUT2D eigenvalue weighted by Gasteiger charge is -2.18. The summed E-state index contributed by atoms with van der Waals surface area (Å²) in [6, 6.07) is 14.9. The summed E-state index contributed by atoms with van der Waals surface area (Å²) in [5, 5.41) is 0. The topological polar surface area (TPSA) is 0 Å². The average molecular weight is 867 g/mol. The Hall–Kier alpha value is -5.94. The van der Waals surface area contributed by atoms with Gasteiger partial charge in [-0.2, -0.15) is 79.0 Å². The van der Waals surface area contributed by atoms with Crippen molar-refractivity contribution in [3.05, 3.63) is 155 Å². The first-order chi connectivity index (χ1) is 27.5. The Labute approximate surface area is 326 Å². The highest BCUT2D eigenvalue weighted by Crippen LogP contribution is 2.45. The van der Waals surface area contributed by atoms with E-state index in [4.69, 9.17) is 0 Å². The second-order valence-corrected chi connectivity index (χ2v) is 13.3. The van der Waals surface area contributed by atoms with Gasteiger partial charge in [0.2, 0.25) is 0 Å². The van der Waals surface area contributed by atoms with Gasteiger partial charge in [-0.05, 0) is 134 Å². The molecule has 0 saturated carbocycles. The van der Waals surface area contributed by atoms with Gasteiger partial charge in [0.15, 0.2) is 0 Å². The van der Waals surface area contributed by atoms with Crippen molar-refractivity contribution < 1.29 is 79.0 Å². The number of benzene rings is 6. The van der Waals surface area contributed by atoms with E-state index in [9.17, 15) is 79.0 Å². The third kappa shape index (κ3) is 9.57. The minimum atomic E-state index is -5.41. The van der Waals surface area contributed by atoms with Crippen LogP contribution >= 0.6 is 0 Å². The SMILES string of the molecule is FC(F)(F)c1cc(-c2cccc(-c3cc(-c4cccc(-c5cc(C(F)(F)F)cc(C(F)(F)F)c5)c4)cc(-c4ccc(C(F)(F)F)cc4C(F)(F)F)c3)c2)cc(C(F)(F)F)c1. The third-order valence-electron chi connectivity index (χ3n) is 9.13. The smallest absolute Gasteiger partial charge is 0.166 e. The van der Waals surface area contributed by atoms with Crippen LogP contribution < -0.4 is 0 Å². The van der Waals surface area contributed by atoms with Crippen LogP contribution in [0.15, 0.2) is 121 Å². The summed E-state index contributed by atoms with van der Waals surface area (Å²) in [6.45, 7) is 0. The Morgan fingerprint density at radius 1 is 0.217 bits per heavy atom. The van der Waals surface area contributed by atoms with Crippen LogP contribution in [0.3, 0.4) is 0 Å². The fourth-order valence-corrected chi connectivity index (χ4v) is 6.32. The van der Waals surface area contributed by atoms with Crippen LogP contribution in [0.5, 0.6) is 0 Å². The molecule has 0 radical (unpaired) electrons. The van der Waals surface area contributed by atoms with Gasteiger partial charge in [-0.15, -0.1) is 0 Å². The molecule has 6 aromatic carbocycles. The van der Waals surface area contributed by atoms with E-state index >= 15 is 0 Å². The van der Waals surface area contributed by atoms with E-state index in [0.717, 1.165) is 36.4 Å². The Kier molecular flexibility index (Phi) is 10.9. The van der Waals surface area contributed by atoms with Crippen molar-refractivity contribution in [1.82, 2.24) is 0 Å². The highest BCUT2D eigenvalue weighted by molar-refractivity contribution is 5.85. The van der Waals surface area contributed by atoms with E-state index in [1.807, 2.05) is 0 Å². The van der Waals surface area contributed by atoms with Crippen LogP contribution in [0.2, 0.25) is 0 Å². The molecule has 0 amide bonds. The molecular weight excluding hydrogens is 846 g/mol. The minimum Gasteiger partial charge on any atom is -0.166 e. The van der Waals surface area contributed by atoms with E-state index in [1.54, 1.807) is 0 Å². The first-order valence-corrected chi connectivity index (χ1v) is 16.7. The zero-order chi connectivity index (χ0) is 44.4. The lowest BCUT2D eigenvalue weighted by molar-refractivity contribution is -0.144. The summed E-state index contributed by atoms with van der Waals surface area (Å²) in [5.41, 5.74) is -13.3. The van der Waals surface area contributed by atoms with E-state index in [2.05, 4.69) is 0 Å². The van der Waals surface area contributed by atoms with Gasteiger partial charge >= 0.3 is 37.1 Å². The molecule has 0 atom stereocenters. The maximum Gasteiger partial charge on any atom is 0.417 e. The van der Waals surface area contributed by atoms with Crippen molar-refractivity contribution in [2.75, 3.05) is 0 Å². The quantitative estimate of drug-likeness (QED) is 0.152. The van der Waals surface area contributed by atoms with Gasteiger partial charge in [-0.1, -0.05) is 42.5 Å². The van der Waals surface area contributed by atoms with Crippen LogP contribution in [0.4, 0.5) is 79.0 Å². The summed E-state index contributed by atoms with van der Waals surface area (Å²) in [7, 11) is 0. The summed E-state index contributed by atoms with van der Waals surface area (Å²) in [5.74, 6) is 0. The molecule has 6 aromatic rings. The number of halogens is 18. The van der Waals surface area contributed by atoms with Gasteiger partial charge in [0.25, 0.3) is 0 Å². The van der Waals surface area contributed by atoms with E-state index < -0.39 is 92.7 Å². The van der Waals surface area contributed by atoms with Crippen LogP contribution in [0.1, 0.15) is 33.4 Å². The summed E-state index contributed by atoms with van der Waals surface area (Å²) in [4.78, 5) is 0. The van der Waals surface area contributed by atoms with Crippen molar-refractivity contribution in [2.45, 2.75) is 37.1 Å². The second-order valence-electron chi connectivity index (χ2n) is 13.3. The Morgan fingerprint density at radius 2 is 0.500 bits per heavy atom. The predicted octanol–water partition coefficient (Wildman–Crippen LogP) is 16.1. The largest absolute Gasteiger partial charge is 0.417 e. The molecule has 0 bridgehead atoms. The molecule has 0 heterocycles. The normalized spacial score (nSPS) is 13.2. The van der Waals surface area contributed by atoms with Crippen LogP contribution in [0.25, 0.3) is 55.6 Å². The molecular formula is C42H20F18. The van der Waals surface area contributed by atoms with Gasteiger partial charge in [0.1, 0.15) is 0 Å². The number of rotatable bonds is 5. The van der Waals surface area contributed by atoms with Crippen molar-refractivity contribution in [2.24, 2.45) is 0 Å². The summed E-state index contributed by atoms with van der Waals surface area (Å²) >= 11 is 0. The first kappa shape index (κ1) is 43.6.